The second kappa shape index (κ2) is 3.81. The molecule has 0 spiro atoms. The highest BCUT2D eigenvalue weighted by atomic mass is 19.1. The van der Waals surface area contributed by atoms with E-state index in [4.69, 9.17) is 10.5 Å². The number of halogens is 1. The smallest absolute Gasteiger partial charge is 0.122 e. The third kappa shape index (κ3) is 2.12. The molecule has 0 radical (unpaired) electrons. The number of hydrogen-bond acceptors (Lipinski definition) is 2. The Morgan fingerprint density at radius 2 is 2.20 bits per heavy atom. The second-order valence-electron chi connectivity index (χ2n) is 4.27. The fourth-order valence-electron chi connectivity index (χ4n) is 1.82. The molecule has 0 heterocycles. The first-order valence-corrected chi connectivity index (χ1v) is 5.18. The van der Waals surface area contributed by atoms with Gasteiger partial charge >= 0.3 is 0 Å². The molecule has 0 bridgehead atoms. The summed E-state index contributed by atoms with van der Waals surface area (Å²) < 4.78 is 18.0. The van der Waals surface area contributed by atoms with E-state index in [0.29, 0.717) is 5.56 Å². The zero-order chi connectivity index (χ0) is 10.9. The average Bonchev–Trinajstić information content (AvgIpc) is 2.96. The van der Waals surface area contributed by atoms with Gasteiger partial charge in [0, 0.05) is 11.1 Å². The Bertz CT molecular complexity index is 338. The maximum Gasteiger partial charge on any atom is 0.122 e. The maximum atomic E-state index is 12.8. The molecular formula is C12H16FNO. The molecule has 82 valence electrons. The van der Waals surface area contributed by atoms with Gasteiger partial charge in [0.2, 0.25) is 0 Å². The van der Waals surface area contributed by atoms with E-state index < -0.39 is 6.67 Å². The fraction of sp³-hybridized carbons (Fsp3) is 0.500. The minimum Gasteiger partial charge on any atom is -0.496 e. The van der Waals surface area contributed by atoms with Crippen LogP contribution in [0.2, 0.25) is 0 Å². The van der Waals surface area contributed by atoms with Crippen LogP contribution in [0.1, 0.15) is 24.0 Å². The van der Waals surface area contributed by atoms with Crippen LogP contribution in [0.15, 0.2) is 18.2 Å². The molecule has 1 aromatic rings. The summed E-state index contributed by atoms with van der Waals surface area (Å²) in [4.78, 5) is 0. The van der Waals surface area contributed by atoms with E-state index in [0.717, 1.165) is 30.6 Å². The lowest BCUT2D eigenvalue weighted by atomic mass is 9.99. The molecule has 1 aromatic carbocycles. The predicted molar refractivity (Wildman–Crippen MR) is 57.7 cm³/mol. The molecule has 2 N–H and O–H groups in total. The van der Waals surface area contributed by atoms with Crippen LogP contribution in [0, 0.1) is 0 Å². The molecule has 2 rings (SSSR count). The molecule has 0 aromatic heterocycles. The largest absolute Gasteiger partial charge is 0.496 e. The minimum absolute atomic E-state index is 0.113. The van der Waals surface area contributed by atoms with Gasteiger partial charge in [-0.1, -0.05) is 12.1 Å². The highest BCUT2D eigenvalue weighted by Crippen LogP contribution is 2.38. The van der Waals surface area contributed by atoms with Gasteiger partial charge in [0.1, 0.15) is 12.4 Å². The highest BCUT2D eigenvalue weighted by Gasteiger charge is 2.39. The molecular weight excluding hydrogens is 193 g/mol. The minimum atomic E-state index is -0.456. The third-order valence-electron chi connectivity index (χ3n) is 3.02. The van der Waals surface area contributed by atoms with Crippen molar-refractivity contribution in [2.75, 3.05) is 7.11 Å². The van der Waals surface area contributed by atoms with Crippen LogP contribution < -0.4 is 10.5 Å². The first-order valence-electron chi connectivity index (χ1n) is 5.18. The number of benzene rings is 1. The Labute approximate surface area is 89.2 Å². The van der Waals surface area contributed by atoms with Crippen molar-refractivity contribution in [2.24, 2.45) is 5.73 Å². The summed E-state index contributed by atoms with van der Waals surface area (Å²) in [5.41, 5.74) is 7.57. The zero-order valence-corrected chi connectivity index (χ0v) is 8.92. The van der Waals surface area contributed by atoms with Crippen LogP contribution in [0.3, 0.4) is 0 Å². The lowest BCUT2D eigenvalue weighted by Crippen LogP contribution is -2.25. The van der Waals surface area contributed by atoms with Crippen LogP contribution >= 0.6 is 0 Å². The molecule has 1 saturated carbocycles. The lowest BCUT2D eigenvalue weighted by molar-refractivity contribution is 0.403. The molecule has 0 amide bonds. The van der Waals surface area contributed by atoms with E-state index >= 15 is 0 Å². The van der Waals surface area contributed by atoms with Crippen molar-refractivity contribution in [1.82, 2.24) is 0 Å². The number of rotatable bonds is 4. The Hall–Kier alpha value is -1.09. The average molecular weight is 209 g/mol. The van der Waals surface area contributed by atoms with Gasteiger partial charge in [-0.25, -0.2) is 4.39 Å². The van der Waals surface area contributed by atoms with E-state index in [1.165, 1.54) is 0 Å². The lowest BCUT2D eigenvalue weighted by Gasteiger charge is -2.15. The van der Waals surface area contributed by atoms with Gasteiger partial charge in [-0.05, 0) is 30.9 Å². The van der Waals surface area contributed by atoms with Crippen LogP contribution in [0.5, 0.6) is 5.75 Å². The second-order valence-corrected chi connectivity index (χ2v) is 4.27. The molecule has 15 heavy (non-hydrogen) atoms. The van der Waals surface area contributed by atoms with Crippen molar-refractivity contribution >= 4 is 0 Å². The van der Waals surface area contributed by atoms with Crippen LogP contribution in [0.4, 0.5) is 4.39 Å². The molecule has 1 fully saturated rings. The molecule has 0 saturated heterocycles. The quantitative estimate of drug-likeness (QED) is 0.825. The van der Waals surface area contributed by atoms with Crippen molar-refractivity contribution in [1.29, 1.82) is 0 Å². The topological polar surface area (TPSA) is 35.2 Å². The standard InChI is InChI=1S/C12H16FNO/c1-15-11-4-2-3-9(8-13)10(11)7-12(14)5-6-12/h2-4H,5-8,14H2,1H3. The Balaban J connectivity index is 2.32. The van der Waals surface area contributed by atoms with Gasteiger partial charge in [-0.3, -0.25) is 0 Å². The van der Waals surface area contributed by atoms with Gasteiger partial charge < -0.3 is 10.5 Å². The van der Waals surface area contributed by atoms with Crippen molar-refractivity contribution in [3.63, 3.8) is 0 Å². The highest BCUT2D eigenvalue weighted by molar-refractivity contribution is 5.42. The first-order chi connectivity index (χ1) is 7.18. The molecule has 0 unspecified atom stereocenters. The van der Waals surface area contributed by atoms with Crippen LogP contribution in [-0.2, 0) is 13.1 Å². The summed E-state index contributed by atoms with van der Waals surface area (Å²) in [6.45, 7) is -0.456. The summed E-state index contributed by atoms with van der Waals surface area (Å²) in [6.07, 6.45) is 2.77. The SMILES string of the molecule is COc1cccc(CF)c1CC1(N)CC1. The summed E-state index contributed by atoms with van der Waals surface area (Å²) in [6, 6.07) is 5.47. The first kappa shape index (κ1) is 10.4. The predicted octanol–water partition coefficient (Wildman–Crippen LogP) is 2.20. The Morgan fingerprint density at radius 3 is 2.73 bits per heavy atom. The van der Waals surface area contributed by atoms with Crippen molar-refractivity contribution in [3.8, 4) is 5.75 Å². The van der Waals surface area contributed by atoms with E-state index in [2.05, 4.69) is 0 Å². The van der Waals surface area contributed by atoms with E-state index in [-0.39, 0.29) is 5.54 Å². The molecule has 3 heteroatoms. The molecule has 0 atom stereocenters. The molecule has 0 aliphatic heterocycles. The third-order valence-corrected chi connectivity index (χ3v) is 3.02. The molecule has 1 aliphatic rings. The molecule has 2 nitrogen and oxygen atoms in total. The van der Waals surface area contributed by atoms with Crippen molar-refractivity contribution in [2.45, 2.75) is 31.5 Å². The Morgan fingerprint density at radius 1 is 1.47 bits per heavy atom. The van der Waals surface area contributed by atoms with Gasteiger partial charge in [0.25, 0.3) is 0 Å². The fourth-order valence-corrected chi connectivity index (χ4v) is 1.82. The van der Waals surface area contributed by atoms with Crippen LogP contribution in [0.25, 0.3) is 0 Å². The summed E-state index contributed by atoms with van der Waals surface area (Å²) in [5.74, 6) is 0.752. The normalized spacial score (nSPS) is 17.5. The van der Waals surface area contributed by atoms with Crippen molar-refractivity contribution in [3.05, 3.63) is 29.3 Å². The number of nitrogens with two attached hydrogens (primary N) is 1. The maximum absolute atomic E-state index is 12.8. The summed E-state index contributed by atoms with van der Waals surface area (Å²) >= 11 is 0. The summed E-state index contributed by atoms with van der Waals surface area (Å²) in [5, 5.41) is 0. The number of alkyl halides is 1. The van der Waals surface area contributed by atoms with E-state index in [1.807, 2.05) is 12.1 Å². The number of methoxy groups -OCH3 is 1. The van der Waals surface area contributed by atoms with Gasteiger partial charge in [0.15, 0.2) is 0 Å². The van der Waals surface area contributed by atoms with Crippen molar-refractivity contribution < 1.29 is 9.13 Å². The van der Waals surface area contributed by atoms with E-state index in [1.54, 1.807) is 13.2 Å². The zero-order valence-electron chi connectivity index (χ0n) is 8.92. The van der Waals surface area contributed by atoms with Gasteiger partial charge in [-0.15, -0.1) is 0 Å². The van der Waals surface area contributed by atoms with E-state index in [9.17, 15) is 4.39 Å². The number of hydrogen-bond donors (Lipinski definition) is 1. The number of ether oxygens (including phenoxy) is 1. The summed E-state index contributed by atoms with van der Waals surface area (Å²) in [7, 11) is 1.61. The van der Waals surface area contributed by atoms with Gasteiger partial charge in [-0.2, -0.15) is 0 Å². The Kier molecular flexibility index (Phi) is 2.65. The van der Waals surface area contributed by atoms with Crippen LogP contribution in [-0.4, -0.2) is 12.6 Å². The monoisotopic (exact) mass is 209 g/mol. The molecule has 1 aliphatic carbocycles. The van der Waals surface area contributed by atoms with Gasteiger partial charge in [0.05, 0.1) is 7.11 Å².